The summed E-state index contributed by atoms with van der Waals surface area (Å²) in [5.74, 6) is 0.0348. The lowest BCUT2D eigenvalue weighted by Crippen LogP contribution is -2.23. The zero-order chi connectivity index (χ0) is 24.9. The maximum Gasteiger partial charge on any atom is 0.262 e. The number of carbonyl (C=O) groups is 2. The lowest BCUT2D eigenvalue weighted by atomic mass is 10.1. The molecular formula is C27H28N4O3S. The van der Waals surface area contributed by atoms with Crippen molar-refractivity contribution in [2.24, 2.45) is 5.92 Å². The van der Waals surface area contributed by atoms with Gasteiger partial charge in [-0.3, -0.25) is 19.0 Å². The van der Waals surface area contributed by atoms with E-state index in [0.29, 0.717) is 28.0 Å². The Hall–Kier alpha value is -3.78. The van der Waals surface area contributed by atoms with Crippen LogP contribution in [0.1, 0.15) is 32.3 Å². The van der Waals surface area contributed by atoms with Crippen molar-refractivity contribution in [3.05, 3.63) is 76.2 Å². The molecule has 4 aromatic rings. The second-order valence-corrected chi connectivity index (χ2v) is 9.82. The number of carbonyl (C=O) groups excluding carboxylic acids is 2. The average Bonchev–Trinajstić information content (AvgIpc) is 3.25. The van der Waals surface area contributed by atoms with Gasteiger partial charge in [-0.2, -0.15) is 0 Å². The fraction of sp³-hybridized carbons (Fsp3) is 0.259. The van der Waals surface area contributed by atoms with Crippen LogP contribution < -0.4 is 16.2 Å². The standard InChI is InChI=1S/C27H28N4O3S/c1-17(2)14-24(33)30-21-10-8-20(9-11-21)29-23(32)12-13-31-16-28-26-25(27(31)34)22(15-35-26)19-6-4-18(3)5-7-19/h4-11,15-17H,12-14H2,1-3H3,(H,29,32)(H,30,33). The van der Waals surface area contributed by atoms with E-state index in [2.05, 4.69) is 15.6 Å². The molecule has 0 bridgehead atoms. The smallest absolute Gasteiger partial charge is 0.262 e. The first-order chi connectivity index (χ1) is 16.8. The van der Waals surface area contributed by atoms with E-state index in [-0.39, 0.29) is 36.3 Å². The van der Waals surface area contributed by atoms with Crippen LogP contribution in [0.25, 0.3) is 21.3 Å². The highest BCUT2D eigenvalue weighted by molar-refractivity contribution is 7.17. The van der Waals surface area contributed by atoms with Gasteiger partial charge < -0.3 is 10.6 Å². The monoisotopic (exact) mass is 488 g/mol. The van der Waals surface area contributed by atoms with E-state index >= 15 is 0 Å². The third-order valence-electron chi connectivity index (χ3n) is 5.55. The molecule has 2 aromatic carbocycles. The number of thiophene rings is 1. The summed E-state index contributed by atoms with van der Waals surface area (Å²) in [5, 5.41) is 8.21. The van der Waals surface area contributed by atoms with Gasteiger partial charge in [-0.05, 0) is 42.7 Å². The highest BCUT2D eigenvalue weighted by atomic mass is 32.1. The fourth-order valence-electron chi connectivity index (χ4n) is 3.74. The number of rotatable bonds is 8. The van der Waals surface area contributed by atoms with Crippen LogP contribution in [0.5, 0.6) is 0 Å². The molecule has 2 N–H and O–H groups in total. The quantitative estimate of drug-likeness (QED) is 0.345. The topological polar surface area (TPSA) is 93.1 Å². The number of amides is 2. The zero-order valence-electron chi connectivity index (χ0n) is 20.0. The maximum absolute atomic E-state index is 13.2. The van der Waals surface area contributed by atoms with Gasteiger partial charge >= 0.3 is 0 Å². The van der Waals surface area contributed by atoms with Gasteiger partial charge in [0.05, 0.1) is 11.7 Å². The minimum absolute atomic E-state index is 0.0380. The van der Waals surface area contributed by atoms with Crippen LogP contribution in [0.15, 0.2) is 65.0 Å². The van der Waals surface area contributed by atoms with Gasteiger partial charge in [0, 0.05) is 41.7 Å². The number of nitrogens with zero attached hydrogens (tertiary/aromatic N) is 2. The fourth-order valence-corrected chi connectivity index (χ4v) is 4.64. The van der Waals surface area contributed by atoms with E-state index in [4.69, 9.17) is 0 Å². The molecule has 0 aliphatic heterocycles. The predicted octanol–water partition coefficient (Wildman–Crippen LogP) is 5.45. The molecule has 8 heteroatoms. The van der Waals surface area contributed by atoms with Crippen LogP contribution in [-0.4, -0.2) is 21.4 Å². The number of aromatic nitrogens is 2. The molecule has 0 fully saturated rings. The third kappa shape index (κ3) is 6.02. The number of nitrogens with one attached hydrogen (secondary N) is 2. The van der Waals surface area contributed by atoms with Gasteiger partial charge in [0.2, 0.25) is 11.8 Å². The second-order valence-electron chi connectivity index (χ2n) is 8.96. The van der Waals surface area contributed by atoms with Gasteiger partial charge in [-0.15, -0.1) is 11.3 Å². The van der Waals surface area contributed by atoms with Gasteiger partial charge in [-0.1, -0.05) is 43.7 Å². The average molecular weight is 489 g/mol. The van der Waals surface area contributed by atoms with E-state index in [1.54, 1.807) is 24.3 Å². The summed E-state index contributed by atoms with van der Waals surface area (Å²) in [5.41, 5.74) is 4.14. The molecule has 2 heterocycles. The van der Waals surface area contributed by atoms with Crippen molar-refractivity contribution in [3.63, 3.8) is 0 Å². The molecule has 180 valence electrons. The first-order valence-electron chi connectivity index (χ1n) is 11.5. The molecule has 2 amide bonds. The molecule has 0 aliphatic carbocycles. The Labute approximate surface area is 207 Å². The van der Waals surface area contributed by atoms with Crippen molar-refractivity contribution in [2.45, 2.75) is 40.2 Å². The molecule has 35 heavy (non-hydrogen) atoms. The largest absolute Gasteiger partial charge is 0.326 e. The molecule has 0 spiro atoms. The Morgan fingerprint density at radius 3 is 2.23 bits per heavy atom. The lowest BCUT2D eigenvalue weighted by Gasteiger charge is -2.10. The van der Waals surface area contributed by atoms with Gasteiger partial charge in [-0.25, -0.2) is 4.98 Å². The maximum atomic E-state index is 13.2. The van der Waals surface area contributed by atoms with Crippen LogP contribution in [-0.2, 0) is 16.1 Å². The van der Waals surface area contributed by atoms with Crippen LogP contribution >= 0.6 is 11.3 Å². The third-order valence-corrected chi connectivity index (χ3v) is 6.44. The van der Waals surface area contributed by atoms with Crippen molar-refractivity contribution >= 4 is 44.7 Å². The minimum Gasteiger partial charge on any atom is -0.326 e. The van der Waals surface area contributed by atoms with Crippen LogP contribution in [0.4, 0.5) is 11.4 Å². The summed E-state index contributed by atoms with van der Waals surface area (Å²) in [6.07, 6.45) is 2.09. The normalized spacial score (nSPS) is 11.1. The molecule has 2 aromatic heterocycles. The van der Waals surface area contributed by atoms with E-state index in [1.807, 2.05) is 50.4 Å². The van der Waals surface area contributed by atoms with E-state index in [1.165, 1.54) is 22.2 Å². The molecular weight excluding hydrogens is 460 g/mol. The van der Waals surface area contributed by atoms with Gasteiger partial charge in [0.25, 0.3) is 5.56 Å². The summed E-state index contributed by atoms with van der Waals surface area (Å²) in [4.78, 5) is 42.7. The summed E-state index contributed by atoms with van der Waals surface area (Å²) in [6.45, 7) is 6.23. The van der Waals surface area contributed by atoms with Crippen molar-refractivity contribution in [1.82, 2.24) is 9.55 Å². The Kier molecular flexibility index (Phi) is 7.41. The summed E-state index contributed by atoms with van der Waals surface area (Å²) in [7, 11) is 0. The highest BCUT2D eigenvalue weighted by Crippen LogP contribution is 2.30. The summed E-state index contributed by atoms with van der Waals surface area (Å²) < 4.78 is 1.49. The van der Waals surface area contributed by atoms with Crippen molar-refractivity contribution in [3.8, 4) is 11.1 Å². The number of anilines is 2. The van der Waals surface area contributed by atoms with E-state index in [0.717, 1.165) is 16.7 Å². The van der Waals surface area contributed by atoms with Crippen molar-refractivity contribution in [1.29, 1.82) is 0 Å². The molecule has 0 unspecified atom stereocenters. The zero-order valence-corrected chi connectivity index (χ0v) is 20.8. The Morgan fingerprint density at radius 2 is 1.60 bits per heavy atom. The molecule has 4 rings (SSSR count). The highest BCUT2D eigenvalue weighted by Gasteiger charge is 2.14. The van der Waals surface area contributed by atoms with E-state index in [9.17, 15) is 14.4 Å². The Morgan fingerprint density at radius 1 is 0.971 bits per heavy atom. The number of benzene rings is 2. The first kappa shape index (κ1) is 24.3. The second kappa shape index (κ2) is 10.7. The molecule has 7 nitrogen and oxygen atoms in total. The number of aryl methyl sites for hydroxylation is 2. The van der Waals surface area contributed by atoms with Crippen molar-refractivity contribution in [2.75, 3.05) is 10.6 Å². The van der Waals surface area contributed by atoms with Gasteiger partial charge in [0.15, 0.2) is 0 Å². The molecule has 0 radical (unpaired) electrons. The Balaban J connectivity index is 1.40. The number of hydrogen-bond donors (Lipinski definition) is 2. The van der Waals surface area contributed by atoms with E-state index < -0.39 is 0 Å². The summed E-state index contributed by atoms with van der Waals surface area (Å²) in [6, 6.07) is 15.0. The summed E-state index contributed by atoms with van der Waals surface area (Å²) >= 11 is 1.44. The molecule has 0 aliphatic rings. The van der Waals surface area contributed by atoms with Crippen LogP contribution in [0, 0.1) is 12.8 Å². The first-order valence-corrected chi connectivity index (χ1v) is 12.4. The molecule has 0 saturated carbocycles. The van der Waals surface area contributed by atoms with Crippen molar-refractivity contribution < 1.29 is 9.59 Å². The minimum atomic E-state index is -0.210. The van der Waals surface area contributed by atoms with Crippen LogP contribution in [0.2, 0.25) is 0 Å². The predicted molar refractivity (Wildman–Crippen MR) is 142 cm³/mol. The number of hydrogen-bond acceptors (Lipinski definition) is 5. The SMILES string of the molecule is Cc1ccc(-c2csc3ncn(CCC(=O)Nc4ccc(NC(=O)CC(C)C)cc4)c(=O)c23)cc1. The Bertz CT molecular complexity index is 1400. The number of fused-ring (bicyclic) bond motifs is 1. The molecule has 0 atom stereocenters. The van der Waals surface area contributed by atoms with Gasteiger partial charge in [0.1, 0.15) is 4.83 Å². The van der Waals surface area contributed by atoms with Crippen LogP contribution in [0.3, 0.4) is 0 Å². The molecule has 0 saturated heterocycles. The lowest BCUT2D eigenvalue weighted by molar-refractivity contribution is -0.117.